The van der Waals surface area contributed by atoms with Crippen LogP contribution in [0.1, 0.15) is 5.69 Å². The van der Waals surface area contributed by atoms with Crippen molar-refractivity contribution in [3.63, 3.8) is 0 Å². The lowest BCUT2D eigenvalue weighted by Crippen LogP contribution is -2.21. The molecule has 4 N–H and O–H groups in total. The number of hydrogen-bond donors (Lipinski definition) is 2. The molecule has 78 valence electrons. The van der Waals surface area contributed by atoms with Crippen molar-refractivity contribution in [3.05, 3.63) is 22.4 Å². The van der Waals surface area contributed by atoms with Gasteiger partial charge in [0.1, 0.15) is 5.69 Å². The Bertz CT molecular complexity index is 535. The van der Waals surface area contributed by atoms with Gasteiger partial charge in [0.05, 0.1) is 6.21 Å². The maximum atomic E-state index is 5.90. The number of rotatable bonds is 2. The molecular formula is C7H7ClN6S. The van der Waals surface area contributed by atoms with Crippen LogP contribution in [0.2, 0.25) is 5.15 Å². The van der Waals surface area contributed by atoms with Crippen LogP contribution in [0.15, 0.2) is 21.8 Å². The lowest BCUT2D eigenvalue weighted by Gasteiger charge is -1.88. The molecule has 2 heterocycles. The van der Waals surface area contributed by atoms with E-state index >= 15 is 0 Å². The van der Waals surface area contributed by atoms with E-state index in [0.29, 0.717) is 10.8 Å². The monoisotopic (exact) mass is 242 g/mol. The van der Waals surface area contributed by atoms with Crippen molar-refractivity contribution in [1.82, 2.24) is 9.38 Å². The number of thiazole rings is 1. The zero-order chi connectivity index (χ0) is 10.8. The van der Waals surface area contributed by atoms with Crippen molar-refractivity contribution in [2.24, 2.45) is 21.7 Å². The summed E-state index contributed by atoms with van der Waals surface area (Å²) >= 11 is 7.38. The van der Waals surface area contributed by atoms with Crippen LogP contribution >= 0.6 is 22.9 Å². The third-order valence-electron chi connectivity index (χ3n) is 1.61. The van der Waals surface area contributed by atoms with Crippen LogP contribution in [0.25, 0.3) is 4.96 Å². The summed E-state index contributed by atoms with van der Waals surface area (Å²) in [5.41, 5.74) is 10.9. The van der Waals surface area contributed by atoms with Gasteiger partial charge in [-0.25, -0.2) is 4.98 Å². The molecule has 0 bridgehead atoms. The van der Waals surface area contributed by atoms with E-state index in [1.165, 1.54) is 17.6 Å². The zero-order valence-electron chi connectivity index (χ0n) is 7.46. The Morgan fingerprint density at radius 1 is 1.60 bits per heavy atom. The first-order valence-electron chi connectivity index (χ1n) is 3.91. The Morgan fingerprint density at radius 3 is 3.13 bits per heavy atom. The molecule has 2 aromatic heterocycles. The van der Waals surface area contributed by atoms with E-state index in [1.807, 2.05) is 11.6 Å². The van der Waals surface area contributed by atoms with Gasteiger partial charge in [0, 0.05) is 11.6 Å². The summed E-state index contributed by atoms with van der Waals surface area (Å²) in [6, 6.07) is 0. The third kappa shape index (κ3) is 1.92. The minimum absolute atomic E-state index is 0.103. The first kappa shape index (κ1) is 9.94. The summed E-state index contributed by atoms with van der Waals surface area (Å²) in [5.74, 6) is -0.103. The summed E-state index contributed by atoms with van der Waals surface area (Å²) in [6.45, 7) is 0. The van der Waals surface area contributed by atoms with Crippen molar-refractivity contribution < 1.29 is 0 Å². The standard InChI is InChI=1S/C7H7ClN6S/c8-5-4(3-11-13-6(9)10)14-1-2-15-7(14)12-5/h1-3H,(H4,9,10,13). The van der Waals surface area contributed by atoms with Crippen LogP contribution in [0.3, 0.4) is 0 Å². The van der Waals surface area contributed by atoms with Crippen molar-refractivity contribution >= 4 is 40.1 Å². The molecule has 0 fully saturated rings. The molecule has 0 unspecified atom stereocenters. The topological polar surface area (TPSA) is 94.1 Å². The number of fused-ring (bicyclic) bond motifs is 1. The predicted molar refractivity (Wildman–Crippen MR) is 61.5 cm³/mol. The van der Waals surface area contributed by atoms with E-state index in [4.69, 9.17) is 23.1 Å². The zero-order valence-corrected chi connectivity index (χ0v) is 9.03. The maximum absolute atomic E-state index is 5.90. The van der Waals surface area contributed by atoms with Crippen molar-refractivity contribution in [2.75, 3.05) is 0 Å². The van der Waals surface area contributed by atoms with Crippen LogP contribution in [-0.4, -0.2) is 21.6 Å². The average molecular weight is 243 g/mol. The molecule has 15 heavy (non-hydrogen) atoms. The number of nitrogens with zero attached hydrogens (tertiary/aromatic N) is 4. The quantitative estimate of drug-likeness (QED) is 0.460. The van der Waals surface area contributed by atoms with E-state index < -0.39 is 0 Å². The number of aromatic nitrogens is 2. The van der Waals surface area contributed by atoms with Crippen LogP contribution in [0, 0.1) is 0 Å². The van der Waals surface area contributed by atoms with Gasteiger partial charge in [0.25, 0.3) is 0 Å². The average Bonchev–Trinajstić information content (AvgIpc) is 2.68. The van der Waals surface area contributed by atoms with Crippen LogP contribution in [0.5, 0.6) is 0 Å². The highest BCUT2D eigenvalue weighted by atomic mass is 35.5. The van der Waals surface area contributed by atoms with Gasteiger partial charge in [-0.1, -0.05) is 11.6 Å². The fourth-order valence-corrected chi connectivity index (χ4v) is 2.03. The van der Waals surface area contributed by atoms with Gasteiger partial charge in [-0.15, -0.1) is 16.4 Å². The minimum atomic E-state index is -0.103. The Labute approximate surface area is 93.9 Å². The number of halogens is 1. The third-order valence-corrected chi connectivity index (χ3v) is 2.64. The number of nitrogens with two attached hydrogens (primary N) is 2. The Kier molecular flexibility index (Phi) is 2.57. The number of hydrogen-bond acceptors (Lipinski definition) is 4. The molecule has 8 heteroatoms. The summed E-state index contributed by atoms with van der Waals surface area (Å²) in [5, 5.41) is 9.42. The summed E-state index contributed by atoms with van der Waals surface area (Å²) in [7, 11) is 0. The molecule has 0 saturated heterocycles. The predicted octanol–water partition coefficient (Wildman–Crippen LogP) is 0.657. The molecule has 2 rings (SSSR count). The van der Waals surface area contributed by atoms with Crippen molar-refractivity contribution in [3.8, 4) is 0 Å². The number of imidazole rings is 1. The Morgan fingerprint density at radius 2 is 2.40 bits per heavy atom. The molecule has 0 aromatic carbocycles. The number of guanidine groups is 1. The second-order valence-corrected chi connectivity index (χ2v) is 3.84. The molecule has 0 atom stereocenters. The molecule has 2 aromatic rings. The fraction of sp³-hybridized carbons (Fsp3) is 0. The lowest BCUT2D eigenvalue weighted by atomic mass is 10.5. The Hall–Kier alpha value is -1.60. The second kappa shape index (κ2) is 3.87. The summed E-state index contributed by atoms with van der Waals surface area (Å²) in [6.07, 6.45) is 3.30. The van der Waals surface area contributed by atoms with Crippen LogP contribution < -0.4 is 11.5 Å². The Balaban J connectivity index is 2.42. The van der Waals surface area contributed by atoms with Gasteiger partial charge in [-0.3, -0.25) is 4.40 Å². The van der Waals surface area contributed by atoms with Gasteiger partial charge >= 0.3 is 0 Å². The van der Waals surface area contributed by atoms with E-state index in [0.717, 1.165) is 4.96 Å². The normalized spacial score (nSPS) is 11.3. The first-order valence-corrected chi connectivity index (χ1v) is 5.17. The van der Waals surface area contributed by atoms with Gasteiger partial charge in [-0.2, -0.15) is 5.10 Å². The highest BCUT2D eigenvalue weighted by Gasteiger charge is 2.08. The molecule has 0 amide bonds. The molecule has 6 nitrogen and oxygen atoms in total. The van der Waals surface area contributed by atoms with Crippen molar-refractivity contribution in [2.45, 2.75) is 0 Å². The highest BCUT2D eigenvalue weighted by Crippen LogP contribution is 2.19. The molecule has 0 radical (unpaired) electrons. The first-order chi connectivity index (χ1) is 7.18. The lowest BCUT2D eigenvalue weighted by molar-refractivity contribution is 1.18. The van der Waals surface area contributed by atoms with Gasteiger partial charge in [0.2, 0.25) is 5.96 Å². The minimum Gasteiger partial charge on any atom is -0.369 e. The molecule has 0 spiro atoms. The highest BCUT2D eigenvalue weighted by molar-refractivity contribution is 7.15. The largest absolute Gasteiger partial charge is 0.369 e. The van der Waals surface area contributed by atoms with Crippen LogP contribution in [-0.2, 0) is 0 Å². The molecular weight excluding hydrogens is 236 g/mol. The van der Waals surface area contributed by atoms with Crippen molar-refractivity contribution in [1.29, 1.82) is 0 Å². The smallest absolute Gasteiger partial charge is 0.211 e. The fourth-order valence-electron chi connectivity index (χ4n) is 1.04. The van der Waals surface area contributed by atoms with E-state index in [2.05, 4.69) is 15.2 Å². The van der Waals surface area contributed by atoms with E-state index in [1.54, 1.807) is 4.40 Å². The molecule has 0 aliphatic carbocycles. The van der Waals surface area contributed by atoms with E-state index in [9.17, 15) is 0 Å². The molecule has 0 saturated carbocycles. The summed E-state index contributed by atoms with van der Waals surface area (Å²) in [4.78, 5) is 4.91. The van der Waals surface area contributed by atoms with Gasteiger partial charge in [0.15, 0.2) is 10.1 Å². The summed E-state index contributed by atoms with van der Waals surface area (Å²) < 4.78 is 1.80. The maximum Gasteiger partial charge on any atom is 0.211 e. The SMILES string of the molecule is NC(N)=NN=Cc1c(Cl)nc2sccn12. The van der Waals surface area contributed by atoms with Gasteiger partial charge in [-0.05, 0) is 0 Å². The van der Waals surface area contributed by atoms with E-state index in [-0.39, 0.29) is 5.96 Å². The molecule has 0 aliphatic heterocycles. The second-order valence-electron chi connectivity index (χ2n) is 2.61. The molecule has 0 aliphatic rings. The van der Waals surface area contributed by atoms with Crippen LogP contribution in [0.4, 0.5) is 0 Å². The van der Waals surface area contributed by atoms with Gasteiger partial charge < -0.3 is 11.5 Å².